The summed E-state index contributed by atoms with van der Waals surface area (Å²) in [6.07, 6.45) is 2.69. The minimum Gasteiger partial charge on any atom is -0.496 e. The van der Waals surface area contributed by atoms with Gasteiger partial charge in [-0.1, -0.05) is 6.92 Å². The Labute approximate surface area is 114 Å². The highest BCUT2D eigenvalue weighted by Gasteiger charge is 2.16. The van der Waals surface area contributed by atoms with Crippen molar-refractivity contribution in [1.29, 1.82) is 0 Å². The van der Waals surface area contributed by atoms with Gasteiger partial charge in [0.15, 0.2) is 0 Å². The van der Waals surface area contributed by atoms with Crippen molar-refractivity contribution in [3.8, 4) is 11.5 Å². The third-order valence-electron chi connectivity index (χ3n) is 3.12. The molecule has 4 heteroatoms. The first kappa shape index (κ1) is 15.5. The van der Waals surface area contributed by atoms with E-state index in [2.05, 4.69) is 0 Å². The minimum absolute atomic E-state index is 0.166. The van der Waals surface area contributed by atoms with Crippen molar-refractivity contribution in [2.75, 3.05) is 7.11 Å². The SMILES string of the molecule is CC=C(CC)Oc1cc(CO)c(CO)c(OC)c1C. The van der Waals surface area contributed by atoms with E-state index in [0.29, 0.717) is 22.6 Å². The number of hydrogen-bond donors (Lipinski definition) is 2. The van der Waals surface area contributed by atoms with Crippen LogP contribution >= 0.6 is 0 Å². The number of ether oxygens (including phenoxy) is 2. The van der Waals surface area contributed by atoms with E-state index in [1.807, 2.05) is 26.8 Å². The molecule has 0 unspecified atom stereocenters. The fourth-order valence-electron chi connectivity index (χ4n) is 2.01. The summed E-state index contributed by atoms with van der Waals surface area (Å²) in [5, 5.41) is 18.8. The molecule has 0 aliphatic heterocycles. The van der Waals surface area contributed by atoms with Crippen LogP contribution in [-0.4, -0.2) is 17.3 Å². The lowest BCUT2D eigenvalue weighted by atomic mass is 10.0. The van der Waals surface area contributed by atoms with Crippen molar-refractivity contribution < 1.29 is 19.7 Å². The van der Waals surface area contributed by atoms with Crippen LogP contribution in [0.2, 0.25) is 0 Å². The highest BCUT2D eigenvalue weighted by molar-refractivity contribution is 5.53. The zero-order valence-electron chi connectivity index (χ0n) is 12.0. The van der Waals surface area contributed by atoms with Gasteiger partial charge in [-0.2, -0.15) is 0 Å². The second kappa shape index (κ2) is 7.16. The van der Waals surface area contributed by atoms with Gasteiger partial charge < -0.3 is 19.7 Å². The average molecular weight is 266 g/mol. The largest absolute Gasteiger partial charge is 0.496 e. The monoisotopic (exact) mass is 266 g/mol. The summed E-state index contributed by atoms with van der Waals surface area (Å²) in [4.78, 5) is 0. The summed E-state index contributed by atoms with van der Waals surface area (Å²) in [6, 6.07) is 1.75. The normalized spacial score (nSPS) is 11.6. The van der Waals surface area contributed by atoms with Crippen LogP contribution in [0.1, 0.15) is 37.0 Å². The predicted molar refractivity (Wildman–Crippen MR) is 74.3 cm³/mol. The Balaban J connectivity index is 3.33. The fourth-order valence-corrected chi connectivity index (χ4v) is 2.01. The molecular weight excluding hydrogens is 244 g/mol. The Morgan fingerprint density at radius 1 is 1.32 bits per heavy atom. The summed E-state index contributed by atoms with van der Waals surface area (Å²) >= 11 is 0. The minimum atomic E-state index is -0.176. The molecule has 2 N–H and O–H groups in total. The number of aliphatic hydroxyl groups is 2. The standard InChI is InChI=1S/C15H22O4/c1-5-12(6-2)19-14-7-11(8-16)13(9-17)15(18-4)10(14)3/h5,7,16-17H,6,8-9H2,1-4H3. The molecule has 4 nitrogen and oxygen atoms in total. The van der Waals surface area contributed by atoms with Gasteiger partial charge in [-0.05, 0) is 31.6 Å². The molecule has 1 rings (SSSR count). The summed E-state index contributed by atoms with van der Waals surface area (Å²) in [5.41, 5.74) is 2.04. The summed E-state index contributed by atoms with van der Waals surface area (Å²) < 4.78 is 11.1. The highest BCUT2D eigenvalue weighted by atomic mass is 16.5. The number of methoxy groups -OCH3 is 1. The van der Waals surface area contributed by atoms with Gasteiger partial charge in [-0.15, -0.1) is 0 Å². The Morgan fingerprint density at radius 3 is 2.42 bits per heavy atom. The van der Waals surface area contributed by atoms with Crippen LogP contribution in [0.5, 0.6) is 11.5 Å². The molecule has 0 aliphatic carbocycles. The van der Waals surface area contributed by atoms with E-state index in [0.717, 1.165) is 17.7 Å². The first-order chi connectivity index (χ1) is 9.12. The predicted octanol–water partition coefficient (Wildman–Crippen LogP) is 2.68. The van der Waals surface area contributed by atoms with Crippen LogP contribution in [0.3, 0.4) is 0 Å². The Hall–Kier alpha value is -1.52. The van der Waals surface area contributed by atoms with E-state index in [9.17, 15) is 10.2 Å². The van der Waals surface area contributed by atoms with Crippen molar-refractivity contribution in [1.82, 2.24) is 0 Å². The summed E-state index contributed by atoms with van der Waals surface area (Å²) in [6.45, 7) is 5.46. The molecule has 1 aromatic rings. The van der Waals surface area contributed by atoms with E-state index in [1.165, 1.54) is 0 Å². The van der Waals surface area contributed by atoms with Crippen LogP contribution < -0.4 is 9.47 Å². The molecule has 106 valence electrons. The maximum absolute atomic E-state index is 9.41. The average Bonchev–Trinajstić information content (AvgIpc) is 2.45. The van der Waals surface area contributed by atoms with Gasteiger partial charge >= 0.3 is 0 Å². The van der Waals surface area contributed by atoms with Crippen molar-refractivity contribution in [3.63, 3.8) is 0 Å². The first-order valence-corrected chi connectivity index (χ1v) is 6.36. The number of aliphatic hydroxyl groups excluding tert-OH is 2. The molecule has 0 heterocycles. The van der Waals surface area contributed by atoms with Crippen LogP contribution in [0.15, 0.2) is 17.9 Å². The van der Waals surface area contributed by atoms with Crippen LogP contribution in [0, 0.1) is 6.92 Å². The van der Waals surface area contributed by atoms with Crippen LogP contribution in [0.4, 0.5) is 0 Å². The molecule has 0 fully saturated rings. The molecule has 0 radical (unpaired) electrons. The van der Waals surface area contributed by atoms with E-state index in [-0.39, 0.29) is 13.2 Å². The number of hydrogen-bond acceptors (Lipinski definition) is 4. The third-order valence-corrected chi connectivity index (χ3v) is 3.12. The molecular formula is C15H22O4. The first-order valence-electron chi connectivity index (χ1n) is 6.36. The topological polar surface area (TPSA) is 58.9 Å². The molecule has 0 bridgehead atoms. The summed E-state index contributed by atoms with van der Waals surface area (Å²) in [5.74, 6) is 2.06. The van der Waals surface area contributed by atoms with Crippen LogP contribution in [0.25, 0.3) is 0 Å². The third kappa shape index (κ3) is 3.28. The second-order valence-electron chi connectivity index (χ2n) is 4.20. The van der Waals surface area contributed by atoms with Gasteiger partial charge in [0.05, 0.1) is 26.1 Å². The lowest BCUT2D eigenvalue weighted by Gasteiger charge is -2.18. The van der Waals surface area contributed by atoms with Gasteiger partial charge in [0.2, 0.25) is 0 Å². The van der Waals surface area contributed by atoms with E-state index in [1.54, 1.807) is 13.2 Å². The van der Waals surface area contributed by atoms with Crippen molar-refractivity contribution >= 4 is 0 Å². The van der Waals surface area contributed by atoms with Gasteiger partial charge in [-0.25, -0.2) is 0 Å². The van der Waals surface area contributed by atoms with Crippen molar-refractivity contribution in [2.45, 2.75) is 40.4 Å². The van der Waals surface area contributed by atoms with Gasteiger partial charge in [-0.3, -0.25) is 0 Å². The van der Waals surface area contributed by atoms with Crippen LogP contribution in [-0.2, 0) is 13.2 Å². The molecule has 1 aromatic carbocycles. The van der Waals surface area contributed by atoms with Gasteiger partial charge in [0.1, 0.15) is 11.5 Å². The summed E-state index contributed by atoms with van der Waals surface area (Å²) in [7, 11) is 1.54. The molecule has 0 atom stereocenters. The Morgan fingerprint density at radius 2 is 2.00 bits per heavy atom. The Kier molecular flexibility index (Phi) is 5.86. The fraction of sp³-hybridized carbons (Fsp3) is 0.467. The van der Waals surface area contributed by atoms with E-state index < -0.39 is 0 Å². The van der Waals surface area contributed by atoms with Gasteiger partial charge in [0, 0.05) is 17.5 Å². The maximum Gasteiger partial charge on any atom is 0.133 e. The van der Waals surface area contributed by atoms with Crippen molar-refractivity contribution in [3.05, 3.63) is 34.6 Å². The molecule has 0 saturated carbocycles. The number of rotatable bonds is 6. The molecule has 0 aliphatic rings. The lowest BCUT2D eigenvalue weighted by Crippen LogP contribution is -2.04. The molecule has 0 spiro atoms. The molecule has 19 heavy (non-hydrogen) atoms. The molecule has 0 saturated heterocycles. The van der Waals surface area contributed by atoms with Gasteiger partial charge in [0.25, 0.3) is 0 Å². The number of allylic oxidation sites excluding steroid dienone is 2. The quantitative estimate of drug-likeness (QED) is 0.777. The van der Waals surface area contributed by atoms with E-state index >= 15 is 0 Å². The second-order valence-corrected chi connectivity index (χ2v) is 4.20. The number of benzene rings is 1. The van der Waals surface area contributed by atoms with Crippen molar-refractivity contribution in [2.24, 2.45) is 0 Å². The maximum atomic E-state index is 9.41. The zero-order valence-corrected chi connectivity index (χ0v) is 12.0. The zero-order chi connectivity index (χ0) is 14.4. The Bertz CT molecular complexity index is 464. The lowest BCUT2D eigenvalue weighted by molar-refractivity contribution is 0.252. The van der Waals surface area contributed by atoms with E-state index in [4.69, 9.17) is 9.47 Å². The molecule has 0 aromatic heterocycles. The highest BCUT2D eigenvalue weighted by Crippen LogP contribution is 2.35. The molecule has 0 amide bonds. The smallest absolute Gasteiger partial charge is 0.133 e.